The first-order valence-electron chi connectivity index (χ1n) is 8.01. The summed E-state index contributed by atoms with van der Waals surface area (Å²) in [5, 5.41) is 14.8. The van der Waals surface area contributed by atoms with Crippen LogP contribution >= 0.6 is 0 Å². The number of rotatable bonds is 6. The number of H-pyrrole nitrogens is 1. The van der Waals surface area contributed by atoms with E-state index < -0.39 is 0 Å². The molecular weight excluding hydrogens is 294 g/mol. The fraction of sp³-hybridized carbons (Fsp3) is 0.562. The quantitative estimate of drug-likeness (QED) is 0.781. The van der Waals surface area contributed by atoms with Gasteiger partial charge in [-0.05, 0) is 25.7 Å². The molecule has 1 amide bonds. The van der Waals surface area contributed by atoms with Crippen LogP contribution in [0.3, 0.4) is 0 Å². The molecule has 7 heteroatoms. The van der Waals surface area contributed by atoms with E-state index in [1.165, 1.54) is 0 Å². The Bertz CT molecular complexity index is 676. The summed E-state index contributed by atoms with van der Waals surface area (Å²) in [7, 11) is 3.56. The van der Waals surface area contributed by atoms with Gasteiger partial charge in [0.15, 0.2) is 0 Å². The number of aromatic amines is 1. The van der Waals surface area contributed by atoms with Crippen LogP contribution in [0.4, 0.5) is 0 Å². The van der Waals surface area contributed by atoms with Crippen molar-refractivity contribution in [2.24, 2.45) is 13.0 Å². The SMILES string of the molecule is COCCCNC(=O)[C@H]1CCc2[nH]nc(-c3cnn(C)c3)c2C1. The van der Waals surface area contributed by atoms with E-state index in [4.69, 9.17) is 4.74 Å². The number of fused-ring (bicyclic) bond motifs is 1. The highest BCUT2D eigenvalue weighted by Gasteiger charge is 2.28. The van der Waals surface area contributed by atoms with Crippen LogP contribution in [0.5, 0.6) is 0 Å². The van der Waals surface area contributed by atoms with Gasteiger partial charge in [0.05, 0.1) is 11.9 Å². The highest BCUT2D eigenvalue weighted by Crippen LogP contribution is 2.31. The van der Waals surface area contributed by atoms with Crippen LogP contribution in [0.2, 0.25) is 0 Å². The van der Waals surface area contributed by atoms with Crippen molar-refractivity contribution >= 4 is 5.91 Å². The summed E-state index contributed by atoms with van der Waals surface area (Å²) in [6.07, 6.45) is 7.05. The molecule has 2 aromatic rings. The number of ether oxygens (including phenoxy) is 1. The summed E-state index contributed by atoms with van der Waals surface area (Å²) >= 11 is 0. The zero-order valence-corrected chi connectivity index (χ0v) is 13.6. The third-order valence-corrected chi connectivity index (χ3v) is 4.32. The van der Waals surface area contributed by atoms with Crippen LogP contribution in [-0.2, 0) is 29.4 Å². The number of carbonyl (C=O) groups excluding carboxylic acids is 1. The maximum atomic E-state index is 12.3. The van der Waals surface area contributed by atoms with E-state index in [0.717, 1.165) is 48.2 Å². The van der Waals surface area contributed by atoms with E-state index in [-0.39, 0.29) is 11.8 Å². The molecule has 3 rings (SSSR count). The number of carbonyl (C=O) groups is 1. The Kier molecular flexibility index (Phi) is 4.76. The van der Waals surface area contributed by atoms with Crippen LogP contribution in [0, 0.1) is 5.92 Å². The van der Waals surface area contributed by atoms with E-state index >= 15 is 0 Å². The molecule has 0 bridgehead atoms. The molecular formula is C16H23N5O2. The van der Waals surface area contributed by atoms with E-state index in [1.807, 2.05) is 19.4 Å². The van der Waals surface area contributed by atoms with Gasteiger partial charge in [0, 0.05) is 56.2 Å². The predicted octanol–water partition coefficient (Wildman–Crippen LogP) is 1.07. The molecule has 1 aliphatic carbocycles. The molecule has 2 aromatic heterocycles. The Balaban J connectivity index is 1.68. The van der Waals surface area contributed by atoms with Crippen molar-refractivity contribution in [2.75, 3.05) is 20.3 Å². The lowest BCUT2D eigenvalue weighted by atomic mass is 9.85. The minimum Gasteiger partial charge on any atom is -0.385 e. The van der Waals surface area contributed by atoms with E-state index in [2.05, 4.69) is 20.6 Å². The summed E-state index contributed by atoms with van der Waals surface area (Å²) in [5.74, 6) is 0.142. The van der Waals surface area contributed by atoms with E-state index in [1.54, 1.807) is 11.8 Å². The Labute approximate surface area is 135 Å². The molecule has 2 N–H and O–H groups in total. The summed E-state index contributed by atoms with van der Waals surface area (Å²) in [6.45, 7) is 1.33. The van der Waals surface area contributed by atoms with Crippen LogP contribution in [0.1, 0.15) is 24.1 Å². The zero-order chi connectivity index (χ0) is 16.2. The Morgan fingerprint density at radius 3 is 3.17 bits per heavy atom. The second-order valence-corrected chi connectivity index (χ2v) is 6.01. The third-order valence-electron chi connectivity index (χ3n) is 4.32. The zero-order valence-electron chi connectivity index (χ0n) is 13.6. The Hall–Kier alpha value is -2.15. The molecule has 0 fully saturated rings. The maximum Gasteiger partial charge on any atom is 0.223 e. The molecule has 23 heavy (non-hydrogen) atoms. The van der Waals surface area contributed by atoms with Gasteiger partial charge >= 0.3 is 0 Å². The number of nitrogens with zero attached hydrogens (tertiary/aromatic N) is 3. The van der Waals surface area contributed by atoms with Gasteiger partial charge in [-0.3, -0.25) is 14.6 Å². The van der Waals surface area contributed by atoms with Crippen molar-refractivity contribution in [3.63, 3.8) is 0 Å². The van der Waals surface area contributed by atoms with Crippen molar-refractivity contribution in [2.45, 2.75) is 25.7 Å². The largest absolute Gasteiger partial charge is 0.385 e. The second kappa shape index (κ2) is 6.95. The molecule has 0 aromatic carbocycles. The first-order chi connectivity index (χ1) is 11.2. The highest BCUT2D eigenvalue weighted by atomic mass is 16.5. The average Bonchev–Trinajstić information content (AvgIpc) is 3.16. The molecule has 0 unspecified atom stereocenters. The number of hydrogen-bond donors (Lipinski definition) is 2. The van der Waals surface area contributed by atoms with Crippen molar-refractivity contribution < 1.29 is 9.53 Å². The summed E-state index contributed by atoms with van der Waals surface area (Å²) in [5.41, 5.74) is 4.21. The molecule has 7 nitrogen and oxygen atoms in total. The Morgan fingerprint density at radius 2 is 2.43 bits per heavy atom. The van der Waals surface area contributed by atoms with Crippen molar-refractivity contribution in [3.8, 4) is 11.3 Å². The number of aromatic nitrogens is 4. The number of amides is 1. The van der Waals surface area contributed by atoms with E-state index in [9.17, 15) is 4.79 Å². The van der Waals surface area contributed by atoms with Crippen LogP contribution in [-0.4, -0.2) is 46.1 Å². The number of nitrogens with one attached hydrogen (secondary N) is 2. The van der Waals surface area contributed by atoms with Gasteiger partial charge in [-0.15, -0.1) is 0 Å². The van der Waals surface area contributed by atoms with Gasteiger partial charge in [-0.1, -0.05) is 0 Å². The average molecular weight is 317 g/mol. The first kappa shape index (κ1) is 15.7. The lowest BCUT2D eigenvalue weighted by Gasteiger charge is -2.21. The van der Waals surface area contributed by atoms with Gasteiger partial charge in [0.2, 0.25) is 5.91 Å². The standard InChI is InChI=1S/C16H23N5O2/c1-21-10-12(9-18-21)15-13-8-11(4-5-14(13)19-20-15)16(22)17-6-3-7-23-2/h9-11H,3-8H2,1-2H3,(H,17,22)(H,19,20)/t11-/m0/s1. The van der Waals surface area contributed by atoms with Gasteiger partial charge < -0.3 is 10.1 Å². The topological polar surface area (TPSA) is 84.8 Å². The fourth-order valence-corrected chi connectivity index (χ4v) is 3.07. The molecule has 0 radical (unpaired) electrons. The third kappa shape index (κ3) is 3.44. The van der Waals surface area contributed by atoms with E-state index in [0.29, 0.717) is 13.2 Å². The molecule has 0 spiro atoms. The van der Waals surface area contributed by atoms with Crippen LogP contribution in [0.25, 0.3) is 11.3 Å². The van der Waals surface area contributed by atoms with Gasteiger partial charge in [0.1, 0.15) is 0 Å². The minimum atomic E-state index is 0.0121. The van der Waals surface area contributed by atoms with Crippen LogP contribution in [0.15, 0.2) is 12.4 Å². The fourth-order valence-electron chi connectivity index (χ4n) is 3.07. The monoisotopic (exact) mass is 317 g/mol. The lowest BCUT2D eigenvalue weighted by Crippen LogP contribution is -2.34. The number of aryl methyl sites for hydroxylation is 2. The van der Waals surface area contributed by atoms with Gasteiger partial charge in [-0.25, -0.2) is 0 Å². The molecule has 1 aliphatic rings. The smallest absolute Gasteiger partial charge is 0.223 e. The number of methoxy groups -OCH3 is 1. The molecule has 124 valence electrons. The molecule has 2 heterocycles. The van der Waals surface area contributed by atoms with Crippen molar-refractivity contribution in [3.05, 3.63) is 23.7 Å². The van der Waals surface area contributed by atoms with Crippen molar-refractivity contribution in [1.82, 2.24) is 25.3 Å². The summed E-state index contributed by atoms with van der Waals surface area (Å²) in [4.78, 5) is 12.3. The normalized spacial score (nSPS) is 17.0. The molecule has 1 atom stereocenters. The highest BCUT2D eigenvalue weighted by molar-refractivity contribution is 5.80. The minimum absolute atomic E-state index is 0.0121. The Morgan fingerprint density at radius 1 is 1.57 bits per heavy atom. The second-order valence-electron chi connectivity index (χ2n) is 6.01. The molecule has 0 aliphatic heterocycles. The van der Waals surface area contributed by atoms with Gasteiger partial charge in [-0.2, -0.15) is 10.2 Å². The van der Waals surface area contributed by atoms with Crippen LogP contribution < -0.4 is 5.32 Å². The number of hydrogen-bond acceptors (Lipinski definition) is 4. The first-order valence-corrected chi connectivity index (χ1v) is 8.01. The molecule has 0 saturated carbocycles. The maximum absolute atomic E-state index is 12.3. The predicted molar refractivity (Wildman–Crippen MR) is 85.8 cm³/mol. The lowest BCUT2D eigenvalue weighted by molar-refractivity contribution is -0.125. The summed E-state index contributed by atoms with van der Waals surface area (Å²) < 4.78 is 6.76. The van der Waals surface area contributed by atoms with Crippen molar-refractivity contribution in [1.29, 1.82) is 0 Å². The summed E-state index contributed by atoms with van der Waals surface area (Å²) in [6, 6.07) is 0. The molecule has 0 saturated heterocycles. The van der Waals surface area contributed by atoms with Gasteiger partial charge in [0.25, 0.3) is 0 Å².